The fraction of sp³-hybridized carbons (Fsp3) is 0.278. The Morgan fingerprint density at radius 1 is 1.19 bits per heavy atom. The van der Waals surface area contributed by atoms with Crippen LogP contribution in [0.4, 0.5) is 5.13 Å². The molecule has 5 rings (SSSR count). The number of nitrogens with zero attached hydrogens (tertiary/aromatic N) is 5. The number of aryl methyl sites for hydroxylation is 2. The first-order valence-corrected chi connectivity index (χ1v) is 9.75. The summed E-state index contributed by atoms with van der Waals surface area (Å²) in [7, 11) is 0. The van der Waals surface area contributed by atoms with Crippen LogP contribution in [0.3, 0.4) is 0 Å². The molecule has 0 radical (unpaired) electrons. The van der Waals surface area contributed by atoms with E-state index >= 15 is 0 Å². The first-order valence-electron chi connectivity index (χ1n) is 8.55. The van der Waals surface area contributed by atoms with E-state index in [1.54, 1.807) is 11.3 Å². The van der Waals surface area contributed by atoms with Gasteiger partial charge in [-0.15, -0.1) is 5.10 Å². The first kappa shape index (κ1) is 15.8. The van der Waals surface area contributed by atoms with Crippen molar-refractivity contribution < 1.29 is 0 Å². The lowest BCUT2D eigenvalue weighted by molar-refractivity contribution is 0.476. The maximum absolute atomic E-state index is 5.95. The molecular weight excluding hydrogens is 368 g/mol. The Morgan fingerprint density at radius 2 is 2.04 bits per heavy atom. The molecule has 26 heavy (non-hydrogen) atoms. The lowest BCUT2D eigenvalue weighted by Gasteiger charge is -2.24. The molecule has 0 fully saturated rings. The topological polar surface area (TPSA) is 60.0 Å². The second kappa shape index (κ2) is 6.10. The van der Waals surface area contributed by atoms with Crippen molar-refractivity contribution in [3.05, 3.63) is 53.2 Å². The zero-order valence-corrected chi connectivity index (χ0v) is 15.8. The number of hydrogen-bond donors (Lipinski definition) is 1. The fourth-order valence-corrected chi connectivity index (χ4v) is 4.38. The van der Waals surface area contributed by atoms with E-state index < -0.39 is 0 Å². The van der Waals surface area contributed by atoms with Crippen LogP contribution in [0.5, 0.6) is 0 Å². The number of imidazole rings is 2. The van der Waals surface area contributed by atoms with E-state index in [9.17, 15) is 0 Å². The molecule has 0 amide bonds. The lowest BCUT2D eigenvalue weighted by Crippen LogP contribution is -2.31. The van der Waals surface area contributed by atoms with Crippen LogP contribution in [0.25, 0.3) is 16.2 Å². The maximum Gasteiger partial charge on any atom is 0.214 e. The molecule has 4 heterocycles. The van der Waals surface area contributed by atoms with Crippen LogP contribution < -0.4 is 5.32 Å². The van der Waals surface area contributed by atoms with Crippen molar-refractivity contribution in [1.29, 1.82) is 0 Å². The van der Waals surface area contributed by atoms with Crippen molar-refractivity contribution in [3.8, 4) is 11.3 Å². The van der Waals surface area contributed by atoms with Gasteiger partial charge in [0.15, 0.2) is 0 Å². The molecule has 0 bridgehead atoms. The predicted octanol–water partition coefficient (Wildman–Crippen LogP) is 4.04. The molecule has 1 unspecified atom stereocenters. The minimum Gasteiger partial charge on any atom is -0.356 e. The first-order chi connectivity index (χ1) is 12.6. The van der Waals surface area contributed by atoms with Gasteiger partial charge in [0.25, 0.3) is 0 Å². The highest BCUT2D eigenvalue weighted by Crippen LogP contribution is 2.27. The summed E-state index contributed by atoms with van der Waals surface area (Å²) in [4.78, 5) is 10.1. The van der Waals surface area contributed by atoms with E-state index in [0.717, 1.165) is 51.5 Å². The maximum atomic E-state index is 5.95. The van der Waals surface area contributed by atoms with Gasteiger partial charge in [0.2, 0.25) is 10.1 Å². The lowest BCUT2D eigenvalue weighted by atomic mass is 10.1. The molecular formula is C18H17ClN6S. The molecule has 132 valence electrons. The monoisotopic (exact) mass is 384 g/mol. The highest BCUT2D eigenvalue weighted by Gasteiger charge is 2.21. The standard InChI is InChI=1S/C18H17ClN6S/c1-11-8-24-9-14(6-7-16(24)20-11)21-17-23-25-10-15(22-18(25)26-17)12-2-4-13(19)5-3-12/h2-5,8,10,14H,6-7,9H2,1H3,(H,21,23). The number of benzene rings is 1. The van der Waals surface area contributed by atoms with Gasteiger partial charge in [-0.05, 0) is 25.5 Å². The Balaban J connectivity index is 1.34. The molecule has 1 N–H and O–H groups in total. The molecule has 0 aliphatic carbocycles. The number of fused-ring (bicyclic) bond motifs is 2. The van der Waals surface area contributed by atoms with Crippen molar-refractivity contribution in [1.82, 2.24) is 24.1 Å². The van der Waals surface area contributed by atoms with Crippen molar-refractivity contribution in [2.24, 2.45) is 0 Å². The Bertz CT molecular complexity index is 1050. The van der Waals surface area contributed by atoms with Gasteiger partial charge < -0.3 is 9.88 Å². The third-order valence-corrected chi connectivity index (χ3v) is 5.73. The minimum absolute atomic E-state index is 0.364. The Hall–Kier alpha value is -2.38. The average molecular weight is 385 g/mol. The minimum atomic E-state index is 0.364. The molecule has 8 heteroatoms. The van der Waals surface area contributed by atoms with E-state index in [1.165, 1.54) is 5.82 Å². The fourth-order valence-electron chi connectivity index (χ4n) is 3.40. The molecule has 6 nitrogen and oxygen atoms in total. The number of nitrogens with one attached hydrogen (secondary N) is 1. The largest absolute Gasteiger partial charge is 0.356 e. The number of halogens is 1. The van der Waals surface area contributed by atoms with Crippen LogP contribution >= 0.6 is 22.9 Å². The summed E-state index contributed by atoms with van der Waals surface area (Å²) < 4.78 is 4.08. The molecule has 0 saturated carbocycles. The van der Waals surface area contributed by atoms with Crippen LogP contribution in [-0.4, -0.2) is 30.2 Å². The molecule has 1 aromatic carbocycles. The average Bonchev–Trinajstić information content (AvgIpc) is 3.27. The summed E-state index contributed by atoms with van der Waals surface area (Å²) in [6, 6.07) is 8.06. The van der Waals surface area contributed by atoms with Gasteiger partial charge in [0.1, 0.15) is 5.82 Å². The summed E-state index contributed by atoms with van der Waals surface area (Å²) >= 11 is 7.53. The zero-order valence-electron chi connectivity index (χ0n) is 14.2. The number of hydrogen-bond acceptors (Lipinski definition) is 5. The Morgan fingerprint density at radius 3 is 2.85 bits per heavy atom. The number of anilines is 1. The SMILES string of the molecule is Cc1cn2c(n1)CCC(Nc1nn3cc(-c4ccc(Cl)cc4)nc3s1)C2. The smallest absolute Gasteiger partial charge is 0.214 e. The van der Waals surface area contributed by atoms with E-state index in [1.807, 2.05) is 41.9 Å². The highest BCUT2D eigenvalue weighted by atomic mass is 35.5. The van der Waals surface area contributed by atoms with Gasteiger partial charge in [-0.2, -0.15) is 0 Å². The predicted molar refractivity (Wildman–Crippen MR) is 104 cm³/mol. The zero-order chi connectivity index (χ0) is 17.7. The second-order valence-corrected chi connectivity index (χ2v) is 7.99. The van der Waals surface area contributed by atoms with Gasteiger partial charge in [-0.3, -0.25) is 0 Å². The van der Waals surface area contributed by atoms with Crippen LogP contribution in [0.15, 0.2) is 36.7 Å². The van der Waals surface area contributed by atoms with Gasteiger partial charge in [-0.25, -0.2) is 14.5 Å². The molecule has 3 aromatic heterocycles. The van der Waals surface area contributed by atoms with Crippen LogP contribution in [0, 0.1) is 6.92 Å². The second-order valence-electron chi connectivity index (χ2n) is 6.60. The van der Waals surface area contributed by atoms with Crippen LogP contribution in [-0.2, 0) is 13.0 Å². The third kappa shape index (κ3) is 2.87. The third-order valence-electron chi connectivity index (χ3n) is 4.62. The van der Waals surface area contributed by atoms with Crippen molar-refractivity contribution in [2.45, 2.75) is 32.4 Å². The van der Waals surface area contributed by atoms with E-state index in [-0.39, 0.29) is 0 Å². The summed E-state index contributed by atoms with van der Waals surface area (Å²) in [5.41, 5.74) is 3.03. The molecule has 1 atom stereocenters. The normalized spacial score (nSPS) is 16.8. The van der Waals surface area contributed by atoms with Crippen LogP contribution in [0.1, 0.15) is 17.9 Å². The van der Waals surface area contributed by atoms with E-state index in [4.69, 9.17) is 11.6 Å². The van der Waals surface area contributed by atoms with Crippen LogP contribution in [0.2, 0.25) is 5.02 Å². The molecule has 0 spiro atoms. The van der Waals surface area contributed by atoms with Gasteiger partial charge >= 0.3 is 0 Å². The highest BCUT2D eigenvalue weighted by molar-refractivity contribution is 7.20. The summed E-state index contributed by atoms with van der Waals surface area (Å²) in [5.74, 6) is 1.18. The van der Waals surface area contributed by atoms with E-state index in [0.29, 0.717) is 6.04 Å². The van der Waals surface area contributed by atoms with Gasteiger partial charge in [0.05, 0.1) is 17.6 Å². The van der Waals surface area contributed by atoms with Crippen molar-refractivity contribution in [2.75, 3.05) is 5.32 Å². The molecule has 1 aliphatic rings. The summed E-state index contributed by atoms with van der Waals surface area (Å²) in [6.45, 7) is 2.97. The quantitative estimate of drug-likeness (QED) is 0.579. The summed E-state index contributed by atoms with van der Waals surface area (Å²) in [6.07, 6.45) is 6.14. The van der Waals surface area contributed by atoms with Crippen molar-refractivity contribution in [3.63, 3.8) is 0 Å². The number of rotatable bonds is 3. The van der Waals surface area contributed by atoms with Crippen molar-refractivity contribution >= 4 is 33.0 Å². The Kier molecular flexibility index (Phi) is 3.72. The molecule has 1 aliphatic heterocycles. The summed E-state index contributed by atoms with van der Waals surface area (Å²) in [5, 5.41) is 9.82. The van der Waals surface area contributed by atoms with Gasteiger partial charge in [-0.1, -0.05) is 35.1 Å². The van der Waals surface area contributed by atoms with Gasteiger partial charge in [0, 0.05) is 35.8 Å². The Labute approximate surface area is 159 Å². The molecule has 4 aromatic rings. The van der Waals surface area contributed by atoms with E-state index in [2.05, 4.69) is 31.1 Å². The molecule has 0 saturated heterocycles. The number of aromatic nitrogens is 5.